The van der Waals surface area contributed by atoms with E-state index < -0.39 is 56.0 Å². The fourth-order valence-electron chi connectivity index (χ4n) is 7.72. The van der Waals surface area contributed by atoms with Crippen LogP contribution in [0.15, 0.2) is 42.7 Å². The molecule has 0 radical (unpaired) electrons. The van der Waals surface area contributed by atoms with E-state index in [2.05, 4.69) is 22.3 Å². The molecule has 0 amide bonds. The Bertz CT molecular complexity index is 1750. The zero-order valence-electron chi connectivity index (χ0n) is 32.9. The molecule has 2 unspecified atom stereocenters. The zero-order valence-corrected chi connectivity index (χ0v) is 33.8. The second-order valence-corrected chi connectivity index (χ2v) is 16.9. The molecule has 3 aromatic rings. The van der Waals surface area contributed by atoms with Gasteiger partial charge in [-0.2, -0.15) is 5.10 Å². The van der Waals surface area contributed by atoms with Gasteiger partial charge in [0.15, 0.2) is 11.4 Å². The second-order valence-electron chi connectivity index (χ2n) is 15.5. The van der Waals surface area contributed by atoms with Crippen molar-refractivity contribution in [2.45, 2.75) is 152 Å². The summed E-state index contributed by atoms with van der Waals surface area (Å²) in [5.74, 6) is -0.920. The molecule has 2 fully saturated rings. The summed E-state index contributed by atoms with van der Waals surface area (Å²) in [5.41, 5.74) is 3.67. The van der Waals surface area contributed by atoms with Crippen LogP contribution in [0.2, 0.25) is 0 Å². The van der Waals surface area contributed by atoms with Crippen LogP contribution in [0, 0.1) is 0 Å². The van der Waals surface area contributed by atoms with Crippen molar-refractivity contribution >= 4 is 30.8 Å². The number of phosphoric ester groups is 1. The van der Waals surface area contributed by atoms with Crippen LogP contribution < -0.4 is 11.1 Å². The largest absolute Gasteiger partial charge is 0.478 e. The van der Waals surface area contributed by atoms with Crippen molar-refractivity contribution in [3.8, 4) is 0 Å². The number of phosphoric acid groups is 1. The summed E-state index contributed by atoms with van der Waals surface area (Å²) in [6.45, 7) is 3.95. The fraction of sp³-hybridized carbons (Fsp3) is 0.675. The van der Waals surface area contributed by atoms with Crippen molar-refractivity contribution in [3.05, 3.63) is 54.0 Å². The number of unbranched alkanes of at least 4 members (excludes halogenated alkanes) is 15. The molecule has 2 aliphatic rings. The van der Waals surface area contributed by atoms with Gasteiger partial charge in [-0.1, -0.05) is 115 Å². The minimum absolute atomic E-state index is 0.0193. The summed E-state index contributed by atoms with van der Waals surface area (Å²) in [6, 6.07) is 8.89. The molecule has 16 heteroatoms. The molecule has 0 spiro atoms. The van der Waals surface area contributed by atoms with E-state index in [-0.39, 0.29) is 18.0 Å². The van der Waals surface area contributed by atoms with Gasteiger partial charge in [0.1, 0.15) is 35.8 Å². The third-order valence-corrected chi connectivity index (χ3v) is 12.0. The number of aliphatic hydroxyl groups is 2. The van der Waals surface area contributed by atoms with Gasteiger partial charge in [0.2, 0.25) is 0 Å². The number of para-hydroxylation sites is 1. The Morgan fingerprint density at radius 3 is 2.16 bits per heavy atom. The first kappa shape index (κ1) is 44.0. The number of carboxylic acid groups (broad SMARTS) is 1. The first-order valence-electron chi connectivity index (χ1n) is 20.4. The zero-order chi connectivity index (χ0) is 40.2. The molecular formula is C40H62N5O10P. The highest BCUT2D eigenvalue weighted by molar-refractivity contribution is 7.47. The van der Waals surface area contributed by atoms with Gasteiger partial charge in [-0.25, -0.2) is 18.9 Å². The third kappa shape index (κ3) is 11.1. The van der Waals surface area contributed by atoms with Crippen molar-refractivity contribution in [3.63, 3.8) is 0 Å². The quantitative estimate of drug-likeness (QED) is 0.0322. The molecule has 2 aromatic heterocycles. The summed E-state index contributed by atoms with van der Waals surface area (Å²) >= 11 is 0. The number of carbonyl (C=O) groups is 1. The predicted molar refractivity (Wildman–Crippen MR) is 212 cm³/mol. The molecular weight excluding hydrogens is 741 g/mol. The van der Waals surface area contributed by atoms with Crippen LogP contribution in [0.5, 0.6) is 0 Å². The number of aromatic carboxylic acids is 1. The molecule has 7 atom stereocenters. The Labute approximate surface area is 329 Å². The number of nitrogens with zero attached hydrogens (tertiary/aromatic N) is 3. The highest BCUT2D eigenvalue weighted by Crippen LogP contribution is 2.63. The van der Waals surface area contributed by atoms with Crippen LogP contribution in [0.25, 0.3) is 5.52 Å². The number of benzene rings is 1. The van der Waals surface area contributed by atoms with Gasteiger partial charge in [0.25, 0.3) is 0 Å². The number of fused-ring (bicyclic) bond motifs is 2. The van der Waals surface area contributed by atoms with E-state index in [9.17, 15) is 29.6 Å². The van der Waals surface area contributed by atoms with Gasteiger partial charge in [0, 0.05) is 12.3 Å². The maximum atomic E-state index is 13.2. The normalized spacial score (nSPS) is 24.6. The van der Waals surface area contributed by atoms with Gasteiger partial charge in [-0.05, 0) is 37.6 Å². The van der Waals surface area contributed by atoms with Crippen molar-refractivity contribution in [2.24, 2.45) is 0 Å². The molecule has 56 heavy (non-hydrogen) atoms. The molecule has 1 aliphatic heterocycles. The van der Waals surface area contributed by atoms with E-state index in [0.717, 1.165) is 19.3 Å². The number of aromatic nitrogens is 3. The molecule has 15 nitrogen and oxygen atoms in total. The van der Waals surface area contributed by atoms with E-state index in [1.165, 1.54) is 100 Å². The van der Waals surface area contributed by atoms with Crippen LogP contribution in [-0.4, -0.2) is 90.6 Å². The summed E-state index contributed by atoms with van der Waals surface area (Å²) in [7, 11) is -4.83. The average Bonchev–Trinajstić information content (AvgIpc) is 3.42. The molecule has 5 rings (SSSR count). The fourth-order valence-corrected chi connectivity index (χ4v) is 8.72. The number of rotatable bonds is 28. The summed E-state index contributed by atoms with van der Waals surface area (Å²) in [5, 5.41) is 39.6. The topological polar surface area (TPSA) is 220 Å². The summed E-state index contributed by atoms with van der Waals surface area (Å²) in [6.07, 6.45) is 17.4. The van der Waals surface area contributed by atoms with Gasteiger partial charge < -0.3 is 40.7 Å². The summed E-state index contributed by atoms with van der Waals surface area (Å²) < 4.78 is 37.3. The van der Waals surface area contributed by atoms with Gasteiger partial charge in [-0.15, -0.1) is 0 Å². The van der Waals surface area contributed by atoms with E-state index in [1.807, 2.05) is 0 Å². The van der Waals surface area contributed by atoms with Crippen LogP contribution in [0.4, 0.5) is 11.5 Å². The average molecular weight is 804 g/mol. The smallest absolute Gasteiger partial charge is 0.472 e. The number of nitrogens with two attached hydrogens (primary N) is 1. The summed E-state index contributed by atoms with van der Waals surface area (Å²) in [4.78, 5) is 26.5. The van der Waals surface area contributed by atoms with Crippen LogP contribution in [0.3, 0.4) is 0 Å². The number of nitrogens with one attached hydrogen (secondary N) is 1. The predicted octanol–water partition coefficient (Wildman–Crippen LogP) is 6.99. The van der Waals surface area contributed by atoms with Crippen molar-refractivity contribution < 1.29 is 48.1 Å². The van der Waals surface area contributed by atoms with Crippen molar-refractivity contribution in [1.82, 2.24) is 14.6 Å². The lowest BCUT2D eigenvalue weighted by Crippen LogP contribution is -2.46. The molecule has 3 heterocycles. The second kappa shape index (κ2) is 20.5. The number of aliphatic hydroxyl groups excluding tert-OH is 1. The highest BCUT2D eigenvalue weighted by atomic mass is 31.2. The lowest BCUT2D eigenvalue weighted by Gasteiger charge is -2.32. The molecule has 1 aliphatic carbocycles. The minimum Gasteiger partial charge on any atom is -0.478 e. The molecule has 0 bridgehead atoms. The van der Waals surface area contributed by atoms with E-state index in [4.69, 9.17) is 24.3 Å². The van der Waals surface area contributed by atoms with Gasteiger partial charge in [-0.3, -0.25) is 9.05 Å². The Morgan fingerprint density at radius 2 is 1.57 bits per heavy atom. The van der Waals surface area contributed by atoms with Crippen LogP contribution in [0.1, 0.15) is 133 Å². The number of ether oxygens (including phenoxy) is 2. The minimum atomic E-state index is -4.83. The number of anilines is 2. The van der Waals surface area contributed by atoms with Crippen molar-refractivity contribution in [1.29, 1.82) is 0 Å². The van der Waals surface area contributed by atoms with Crippen LogP contribution >= 0.6 is 7.82 Å². The van der Waals surface area contributed by atoms with E-state index in [0.29, 0.717) is 23.5 Å². The number of carboxylic acids is 1. The SMILES string of the molecule is CCCCCCCCCCCCCCCCCCOC[C@H](COP(=O)(O)OC1[C@H]2O[C@@](C)(c3ccc4c(N)ncnn34)[C@H](O)[C@@]12O)Nc1ccccc1C(=O)O. The monoisotopic (exact) mass is 803 g/mol. The van der Waals surface area contributed by atoms with E-state index in [1.54, 1.807) is 37.3 Å². The molecule has 312 valence electrons. The maximum Gasteiger partial charge on any atom is 0.472 e. The lowest BCUT2D eigenvalue weighted by molar-refractivity contribution is -0.126. The lowest BCUT2D eigenvalue weighted by atomic mass is 9.91. The molecule has 1 aromatic carbocycles. The van der Waals surface area contributed by atoms with Gasteiger partial charge >= 0.3 is 13.8 Å². The Morgan fingerprint density at radius 1 is 0.964 bits per heavy atom. The Hall–Kier alpha value is -3.14. The first-order chi connectivity index (χ1) is 26.9. The molecule has 1 saturated heterocycles. The molecule has 7 N–H and O–H groups in total. The number of hydrogen-bond donors (Lipinski definition) is 6. The van der Waals surface area contributed by atoms with Gasteiger partial charge in [0.05, 0.1) is 30.5 Å². The number of nitrogen functional groups attached to an aromatic ring is 1. The number of hydrogen-bond acceptors (Lipinski definition) is 12. The van der Waals surface area contributed by atoms with E-state index >= 15 is 0 Å². The third-order valence-electron chi connectivity index (χ3n) is 11.1. The Balaban J connectivity index is 1.04. The molecule has 1 saturated carbocycles. The van der Waals surface area contributed by atoms with Crippen LogP contribution in [-0.2, 0) is 28.7 Å². The maximum absolute atomic E-state index is 13.2. The Kier molecular flexibility index (Phi) is 16.1. The first-order valence-corrected chi connectivity index (χ1v) is 21.9. The standard InChI is InChI=1S/C40H62N5O10P/c1-3-4-5-6-7-8-9-10-11-12-13-14-15-16-17-20-25-52-26-29(44-31-22-19-18-21-30(31)37(46)47)27-53-56(50,51)55-35-34-40(35,49)38(48)39(2,54-34)33-24-23-32-36(41)42-28-43-45(32)33/h18-19,21-24,28-29,34-35,38,44,48-49H,3-17,20,25-27H2,1-2H3,(H,46,47)(H,50,51)(H2,41,42,43)/t29-,34-,35?,38+,39+,40+/m1/s1. The van der Waals surface area contributed by atoms with Crippen molar-refractivity contribution in [2.75, 3.05) is 30.9 Å². The highest BCUT2D eigenvalue weighted by Gasteiger charge is 2.82.